The van der Waals surface area contributed by atoms with Crippen molar-refractivity contribution >= 4 is 17.6 Å². The summed E-state index contributed by atoms with van der Waals surface area (Å²) in [4.78, 5) is 11.7. The number of esters is 1. The summed E-state index contributed by atoms with van der Waals surface area (Å²) in [5.41, 5.74) is 0.441. The summed E-state index contributed by atoms with van der Waals surface area (Å²) >= 11 is 5.82. The van der Waals surface area contributed by atoms with Crippen LogP contribution in [0, 0.1) is 0 Å². The van der Waals surface area contributed by atoms with Crippen molar-refractivity contribution in [2.24, 2.45) is 0 Å². The van der Waals surface area contributed by atoms with Gasteiger partial charge in [0.1, 0.15) is 11.5 Å². The van der Waals surface area contributed by atoms with Gasteiger partial charge in [-0.05, 0) is 24.3 Å². The lowest BCUT2D eigenvalue weighted by Crippen LogP contribution is -2.08. The molecule has 0 spiro atoms. The van der Waals surface area contributed by atoms with Crippen LogP contribution in [-0.4, -0.2) is 11.1 Å². The van der Waals surface area contributed by atoms with Gasteiger partial charge >= 0.3 is 5.97 Å². The van der Waals surface area contributed by atoms with Crippen LogP contribution in [0.2, 0.25) is 5.02 Å². The van der Waals surface area contributed by atoms with Crippen LogP contribution >= 0.6 is 11.6 Å². The van der Waals surface area contributed by atoms with Gasteiger partial charge in [0.15, 0.2) is 0 Å². The third kappa shape index (κ3) is 2.77. The predicted molar refractivity (Wildman–Crippen MR) is 64.5 cm³/mol. The maximum absolute atomic E-state index is 11.7. The first-order valence-electron chi connectivity index (χ1n) is 4.92. The van der Waals surface area contributed by atoms with Gasteiger partial charge in [-0.2, -0.15) is 0 Å². The van der Waals surface area contributed by atoms with Crippen molar-refractivity contribution in [3.05, 3.63) is 59.1 Å². The molecule has 4 heteroatoms. The maximum atomic E-state index is 11.7. The van der Waals surface area contributed by atoms with Crippen LogP contribution < -0.4 is 4.74 Å². The first-order valence-corrected chi connectivity index (χ1v) is 5.30. The molecule has 0 amide bonds. The van der Waals surface area contributed by atoms with Crippen molar-refractivity contribution in [3.63, 3.8) is 0 Å². The van der Waals surface area contributed by atoms with E-state index >= 15 is 0 Å². The van der Waals surface area contributed by atoms with Crippen molar-refractivity contribution in [1.29, 1.82) is 0 Å². The number of phenols is 1. The standard InChI is InChI=1S/C13H9ClO3/c14-11-8-10(15)6-7-12(11)17-13(16)9-4-2-1-3-5-9/h1-8,15H. The Morgan fingerprint density at radius 3 is 2.47 bits per heavy atom. The molecule has 0 fully saturated rings. The molecule has 2 aromatic carbocycles. The molecule has 2 rings (SSSR count). The molecule has 0 bridgehead atoms. The number of halogens is 1. The minimum atomic E-state index is -0.488. The van der Waals surface area contributed by atoms with Gasteiger partial charge in [0.25, 0.3) is 0 Å². The van der Waals surface area contributed by atoms with E-state index in [4.69, 9.17) is 21.4 Å². The Bertz CT molecular complexity index is 538. The van der Waals surface area contributed by atoms with E-state index in [2.05, 4.69) is 0 Å². The lowest BCUT2D eigenvalue weighted by atomic mass is 10.2. The molecule has 86 valence electrons. The summed E-state index contributed by atoms with van der Waals surface area (Å²) in [5, 5.41) is 9.35. The van der Waals surface area contributed by atoms with E-state index in [1.807, 2.05) is 6.07 Å². The highest BCUT2D eigenvalue weighted by Crippen LogP contribution is 2.28. The quantitative estimate of drug-likeness (QED) is 0.655. The van der Waals surface area contributed by atoms with Crippen LogP contribution in [0.15, 0.2) is 48.5 Å². The zero-order chi connectivity index (χ0) is 12.3. The van der Waals surface area contributed by atoms with E-state index in [0.29, 0.717) is 5.56 Å². The second-order valence-electron chi connectivity index (χ2n) is 3.37. The fourth-order valence-electron chi connectivity index (χ4n) is 1.31. The summed E-state index contributed by atoms with van der Waals surface area (Å²) < 4.78 is 5.10. The van der Waals surface area contributed by atoms with Crippen LogP contribution in [0.4, 0.5) is 0 Å². The van der Waals surface area contributed by atoms with Gasteiger partial charge in [-0.1, -0.05) is 29.8 Å². The minimum Gasteiger partial charge on any atom is -0.508 e. The van der Waals surface area contributed by atoms with Gasteiger partial charge in [0.2, 0.25) is 0 Å². The Balaban J connectivity index is 2.19. The smallest absolute Gasteiger partial charge is 0.343 e. The summed E-state index contributed by atoms with van der Waals surface area (Å²) in [5.74, 6) is -0.244. The molecule has 0 aliphatic carbocycles. The highest BCUT2D eigenvalue weighted by atomic mass is 35.5. The molecule has 0 saturated carbocycles. The van der Waals surface area contributed by atoms with Crippen LogP contribution in [0.25, 0.3) is 0 Å². The summed E-state index contributed by atoms with van der Waals surface area (Å²) in [7, 11) is 0. The number of hydrogen-bond donors (Lipinski definition) is 1. The molecule has 0 unspecified atom stereocenters. The molecule has 0 heterocycles. The molecule has 1 N–H and O–H groups in total. The van der Waals surface area contributed by atoms with Crippen molar-refractivity contribution in [2.45, 2.75) is 0 Å². The van der Waals surface area contributed by atoms with Crippen LogP contribution in [0.3, 0.4) is 0 Å². The molecule has 0 aliphatic rings. The molecule has 0 aliphatic heterocycles. The van der Waals surface area contributed by atoms with Gasteiger partial charge in [-0.25, -0.2) is 4.79 Å². The predicted octanol–water partition coefficient (Wildman–Crippen LogP) is 3.26. The average Bonchev–Trinajstić information content (AvgIpc) is 2.34. The third-order valence-corrected chi connectivity index (χ3v) is 2.42. The second kappa shape index (κ2) is 4.89. The Morgan fingerprint density at radius 2 is 1.82 bits per heavy atom. The Kier molecular flexibility index (Phi) is 3.30. The molecule has 0 atom stereocenters. The average molecular weight is 249 g/mol. The van der Waals surface area contributed by atoms with E-state index in [1.54, 1.807) is 24.3 Å². The molecule has 0 aromatic heterocycles. The number of carbonyl (C=O) groups is 1. The first-order chi connectivity index (χ1) is 8.16. The largest absolute Gasteiger partial charge is 0.508 e. The van der Waals surface area contributed by atoms with E-state index in [0.717, 1.165) is 0 Å². The molecule has 3 nitrogen and oxygen atoms in total. The molecular formula is C13H9ClO3. The number of hydrogen-bond acceptors (Lipinski definition) is 3. The zero-order valence-corrected chi connectivity index (χ0v) is 9.52. The number of benzene rings is 2. The SMILES string of the molecule is O=C(Oc1ccc(O)cc1Cl)c1ccccc1. The zero-order valence-electron chi connectivity index (χ0n) is 8.76. The summed E-state index contributed by atoms with van der Waals surface area (Å²) in [6.45, 7) is 0. The number of phenolic OH excluding ortho intramolecular Hbond substituents is 1. The fourth-order valence-corrected chi connectivity index (χ4v) is 1.52. The highest BCUT2D eigenvalue weighted by Gasteiger charge is 2.10. The van der Waals surface area contributed by atoms with E-state index in [9.17, 15) is 4.79 Å². The first kappa shape index (κ1) is 11.5. The lowest BCUT2D eigenvalue weighted by molar-refractivity contribution is 0.0734. The molecule has 2 aromatic rings. The molecular weight excluding hydrogens is 240 g/mol. The highest BCUT2D eigenvalue weighted by molar-refractivity contribution is 6.32. The van der Waals surface area contributed by atoms with E-state index in [1.165, 1.54) is 18.2 Å². The van der Waals surface area contributed by atoms with Crippen molar-refractivity contribution in [2.75, 3.05) is 0 Å². The van der Waals surface area contributed by atoms with Crippen LogP contribution in [0.5, 0.6) is 11.5 Å². The molecule has 0 radical (unpaired) electrons. The van der Waals surface area contributed by atoms with Gasteiger partial charge in [0.05, 0.1) is 10.6 Å². The normalized spacial score (nSPS) is 9.94. The summed E-state index contributed by atoms with van der Waals surface area (Å²) in [6, 6.07) is 12.8. The van der Waals surface area contributed by atoms with Crippen LogP contribution in [-0.2, 0) is 0 Å². The maximum Gasteiger partial charge on any atom is 0.343 e. The van der Waals surface area contributed by atoms with E-state index < -0.39 is 5.97 Å². The van der Waals surface area contributed by atoms with Gasteiger partial charge in [0, 0.05) is 6.07 Å². The van der Waals surface area contributed by atoms with Crippen molar-refractivity contribution in [1.82, 2.24) is 0 Å². The second-order valence-corrected chi connectivity index (χ2v) is 3.78. The fraction of sp³-hybridized carbons (Fsp3) is 0. The van der Waals surface area contributed by atoms with Gasteiger partial charge in [-0.15, -0.1) is 0 Å². The van der Waals surface area contributed by atoms with Crippen LogP contribution in [0.1, 0.15) is 10.4 Å². The third-order valence-electron chi connectivity index (χ3n) is 2.13. The number of ether oxygens (including phenoxy) is 1. The molecule has 0 saturated heterocycles. The summed E-state index contributed by atoms with van der Waals surface area (Å²) in [6.07, 6.45) is 0. The van der Waals surface area contributed by atoms with Crippen molar-refractivity contribution < 1.29 is 14.6 Å². The lowest BCUT2D eigenvalue weighted by Gasteiger charge is -2.06. The monoisotopic (exact) mass is 248 g/mol. The Morgan fingerprint density at radius 1 is 1.12 bits per heavy atom. The Hall–Kier alpha value is -2.00. The van der Waals surface area contributed by atoms with Gasteiger partial charge < -0.3 is 9.84 Å². The topological polar surface area (TPSA) is 46.5 Å². The van der Waals surface area contributed by atoms with Gasteiger partial charge in [-0.3, -0.25) is 0 Å². The van der Waals surface area contributed by atoms with Crippen molar-refractivity contribution in [3.8, 4) is 11.5 Å². The molecule has 17 heavy (non-hydrogen) atoms. The number of aromatic hydroxyl groups is 1. The number of carbonyl (C=O) groups excluding carboxylic acids is 1. The van der Waals surface area contributed by atoms with E-state index in [-0.39, 0.29) is 16.5 Å². The minimum absolute atomic E-state index is 0.0227. The number of rotatable bonds is 2. The Labute approximate surface area is 103 Å².